The van der Waals surface area contributed by atoms with Crippen molar-refractivity contribution < 1.29 is 4.74 Å². The smallest absolute Gasteiger partial charge is 0.0506 e. The van der Waals surface area contributed by atoms with Gasteiger partial charge in [0.25, 0.3) is 0 Å². The first kappa shape index (κ1) is 10.4. The zero-order chi connectivity index (χ0) is 8.81. The molecule has 0 aliphatic carbocycles. The summed E-state index contributed by atoms with van der Waals surface area (Å²) in [7, 11) is 2.16. The van der Waals surface area contributed by atoms with Crippen molar-refractivity contribution in [1.82, 2.24) is 4.90 Å². The van der Waals surface area contributed by atoms with Crippen LogP contribution in [0.1, 0.15) is 12.8 Å². The predicted octanol–water partition coefficient (Wildman–Crippen LogP) is 1.27. The van der Waals surface area contributed by atoms with Crippen LogP contribution in [0.5, 0.6) is 0 Å². The van der Waals surface area contributed by atoms with E-state index < -0.39 is 0 Å². The van der Waals surface area contributed by atoms with Gasteiger partial charge in [-0.05, 0) is 25.8 Å². The van der Waals surface area contributed by atoms with E-state index in [0.717, 1.165) is 31.4 Å². The van der Waals surface area contributed by atoms with E-state index in [2.05, 4.69) is 24.6 Å². The fourth-order valence-electron chi connectivity index (χ4n) is 1.65. The summed E-state index contributed by atoms with van der Waals surface area (Å²) in [6.07, 6.45) is 2.57. The van der Waals surface area contributed by atoms with Gasteiger partial charge in [-0.2, -0.15) is 12.6 Å². The van der Waals surface area contributed by atoms with Crippen LogP contribution in [0.15, 0.2) is 0 Å². The summed E-state index contributed by atoms with van der Waals surface area (Å²) >= 11 is 4.20. The summed E-state index contributed by atoms with van der Waals surface area (Å²) < 4.78 is 5.42. The van der Waals surface area contributed by atoms with Gasteiger partial charge in [-0.15, -0.1) is 0 Å². The quantitative estimate of drug-likeness (QED) is 0.669. The van der Waals surface area contributed by atoms with Gasteiger partial charge in [0, 0.05) is 25.4 Å². The zero-order valence-electron chi connectivity index (χ0n) is 7.83. The minimum Gasteiger partial charge on any atom is -0.381 e. The highest BCUT2D eigenvalue weighted by Crippen LogP contribution is 2.14. The van der Waals surface area contributed by atoms with E-state index in [1.807, 2.05) is 0 Å². The first-order valence-electron chi connectivity index (χ1n) is 4.70. The van der Waals surface area contributed by atoms with Gasteiger partial charge >= 0.3 is 0 Å². The largest absolute Gasteiger partial charge is 0.381 e. The zero-order valence-corrected chi connectivity index (χ0v) is 8.72. The molecule has 1 heterocycles. The molecular weight excluding hydrogens is 170 g/mol. The second-order valence-corrected chi connectivity index (χ2v) is 4.02. The molecule has 0 spiro atoms. The van der Waals surface area contributed by atoms with Crippen LogP contribution in [-0.4, -0.2) is 44.0 Å². The highest BCUT2D eigenvalue weighted by atomic mass is 32.1. The average Bonchev–Trinajstić information content (AvgIpc) is 2.06. The molecule has 1 unspecified atom stereocenters. The van der Waals surface area contributed by atoms with Crippen LogP contribution < -0.4 is 0 Å². The molecule has 0 aromatic rings. The minimum atomic E-state index is 0.753. The molecular formula is C9H19NOS. The lowest BCUT2D eigenvalue weighted by atomic mass is 10.0. The molecule has 1 aliphatic rings. The monoisotopic (exact) mass is 189 g/mol. The molecule has 0 radical (unpaired) electrons. The second kappa shape index (κ2) is 5.84. The van der Waals surface area contributed by atoms with Gasteiger partial charge in [0.05, 0.1) is 6.61 Å². The maximum absolute atomic E-state index is 5.42. The molecule has 0 aromatic carbocycles. The summed E-state index contributed by atoms with van der Waals surface area (Å²) in [5.41, 5.74) is 0. The molecule has 0 N–H and O–H groups in total. The third kappa shape index (κ3) is 3.78. The van der Waals surface area contributed by atoms with E-state index >= 15 is 0 Å². The molecule has 0 bridgehead atoms. The average molecular weight is 189 g/mol. The van der Waals surface area contributed by atoms with Gasteiger partial charge in [-0.3, -0.25) is 0 Å². The topological polar surface area (TPSA) is 12.5 Å². The van der Waals surface area contributed by atoms with Gasteiger partial charge < -0.3 is 9.64 Å². The van der Waals surface area contributed by atoms with E-state index in [-0.39, 0.29) is 0 Å². The molecule has 0 aromatic heterocycles. The summed E-state index contributed by atoms with van der Waals surface area (Å²) in [5, 5.41) is 0. The third-order valence-corrected chi connectivity index (χ3v) is 2.51. The summed E-state index contributed by atoms with van der Waals surface area (Å²) in [6.45, 7) is 4.17. The van der Waals surface area contributed by atoms with Crippen LogP contribution >= 0.6 is 12.6 Å². The molecule has 0 saturated carbocycles. The maximum atomic E-state index is 5.42. The van der Waals surface area contributed by atoms with Crippen molar-refractivity contribution in [3.05, 3.63) is 0 Å². The molecule has 0 amide bonds. The Labute approximate surface area is 80.7 Å². The van der Waals surface area contributed by atoms with E-state index in [9.17, 15) is 0 Å². The van der Waals surface area contributed by atoms with Gasteiger partial charge in [-0.25, -0.2) is 0 Å². The van der Waals surface area contributed by atoms with Crippen molar-refractivity contribution in [2.24, 2.45) is 5.92 Å². The molecule has 1 saturated heterocycles. The van der Waals surface area contributed by atoms with Gasteiger partial charge in [0.2, 0.25) is 0 Å². The number of hydrogen-bond donors (Lipinski definition) is 1. The Balaban J connectivity index is 2.11. The molecule has 3 heteroatoms. The van der Waals surface area contributed by atoms with Crippen LogP contribution in [0.3, 0.4) is 0 Å². The highest BCUT2D eigenvalue weighted by molar-refractivity contribution is 7.80. The Morgan fingerprint density at radius 3 is 3.00 bits per heavy atom. The molecule has 1 fully saturated rings. The summed E-state index contributed by atoms with van der Waals surface area (Å²) in [5.74, 6) is 1.70. The predicted molar refractivity (Wildman–Crippen MR) is 54.9 cm³/mol. The number of nitrogens with zero attached hydrogens (tertiary/aromatic N) is 1. The Bertz CT molecular complexity index is 115. The fraction of sp³-hybridized carbons (Fsp3) is 1.00. The highest BCUT2D eigenvalue weighted by Gasteiger charge is 2.14. The fourth-order valence-corrected chi connectivity index (χ4v) is 2.00. The lowest BCUT2D eigenvalue weighted by Gasteiger charge is -2.26. The normalized spacial score (nSPS) is 24.8. The second-order valence-electron chi connectivity index (χ2n) is 3.57. The third-order valence-electron chi connectivity index (χ3n) is 2.31. The van der Waals surface area contributed by atoms with Crippen molar-refractivity contribution in [1.29, 1.82) is 0 Å². The first-order valence-corrected chi connectivity index (χ1v) is 5.33. The Hall–Kier alpha value is 0.270. The Kier molecular flexibility index (Phi) is 5.04. The lowest BCUT2D eigenvalue weighted by molar-refractivity contribution is 0.0428. The Morgan fingerprint density at radius 1 is 1.58 bits per heavy atom. The lowest BCUT2D eigenvalue weighted by Crippen LogP contribution is -2.31. The number of rotatable bonds is 4. The first-order chi connectivity index (χ1) is 5.83. The van der Waals surface area contributed by atoms with Crippen molar-refractivity contribution in [3.63, 3.8) is 0 Å². The van der Waals surface area contributed by atoms with Gasteiger partial charge in [0.15, 0.2) is 0 Å². The van der Waals surface area contributed by atoms with Crippen molar-refractivity contribution in [3.8, 4) is 0 Å². The van der Waals surface area contributed by atoms with Crippen LogP contribution in [0.4, 0.5) is 0 Å². The van der Waals surface area contributed by atoms with Crippen LogP contribution in [0, 0.1) is 5.92 Å². The van der Waals surface area contributed by atoms with Crippen molar-refractivity contribution >= 4 is 12.6 Å². The summed E-state index contributed by atoms with van der Waals surface area (Å²) in [4.78, 5) is 2.34. The van der Waals surface area contributed by atoms with Gasteiger partial charge in [-0.1, -0.05) is 0 Å². The number of ether oxygens (including phenoxy) is 1. The van der Waals surface area contributed by atoms with E-state index in [1.165, 1.54) is 19.4 Å². The Morgan fingerprint density at radius 2 is 2.42 bits per heavy atom. The molecule has 1 aliphatic heterocycles. The van der Waals surface area contributed by atoms with Crippen LogP contribution in [0.2, 0.25) is 0 Å². The maximum Gasteiger partial charge on any atom is 0.0506 e. The molecule has 12 heavy (non-hydrogen) atoms. The molecule has 1 atom stereocenters. The number of thiol groups is 1. The van der Waals surface area contributed by atoms with Gasteiger partial charge in [0.1, 0.15) is 0 Å². The van der Waals surface area contributed by atoms with E-state index in [0.29, 0.717) is 0 Å². The van der Waals surface area contributed by atoms with E-state index in [1.54, 1.807) is 0 Å². The van der Waals surface area contributed by atoms with E-state index in [4.69, 9.17) is 4.74 Å². The molecule has 1 rings (SSSR count). The van der Waals surface area contributed by atoms with Crippen molar-refractivity contribution in [2.75, 3.05) is 39.1 Å². The minimum absolute atomic E-state index is 0.753. The standard InChI is InChI=1S/C9H19NOS/c1-10(4-6-12)7-9-3-2-5-11-8-9/h9,12H,2-8H2,1H3. The number of hydrogen-bond acceptors (Lipinski definition) is 3. The van der Waals surface area contributed by atoms with Crippen molar-refractivity contribution in [2.45, 2.75) is 12.8 Å². The van der Waals surface area contributed by atoms with Crippen LogP contribution in [-0.2, 0) is 4.74 Å². The summed E-state index contributed by atoms with van der Waals surface area (Å²) in [6, 6.07) is 0. The SMILES string of the molecule is CN(CCS)CC1CCCOC1. The molecule has 72 valence electrons. The molecule has 2 nitrogen and oxygen atoms in total. The van der Waals surface area contributed by atoms with Crippen LogP contribution in [0.25, 0.3) is 0 Å².